The third kappa shape index (κ3) is 3.12. The molecule has 0 aromatic carbocycles. The Morgan fingerprint density at radius 1 is 1.38 bits per heavy atom. The van der Waals surface area contributed by atoms with E-state index in [9.17, 15) is 14.4 Å². The highest BCUT2D eigenvalue weighted by atomic mass is 16.3. The van der Waals surface area contributed by atoms with Gasteiger partial charge in [0.1, 0.15) is 6.04 Å². The van der Waals surface area contributed by atoms with Gasteiger partial charge in [-0.15, -0.1) is 0 Å². The first-order valence-corrected chi connectivity index (χ1v) is 4.42. The maximum absolute atomic E-state index is 11.4. The minimum absolute atomic E-state index is 0.0238. The summed E-state index contributed by atoms with van der Waals surface area (Å²) < 4.78 is 4.80. The van der Waals surface area contributed by atoms with Gasteiger partial charge in [0.25, 0.3) is 5.91 Å². The minimum atomic E-state index is -1.13. The number of rotatable bonds is 5. The van der Waals surface area contributed by atoms with Crippen LogP contribution in [0.1, 0.15) is 17.0 Å². The Bertz CT molecular complexity index is 399. The molecule has 0 fully saturated rings. The molecule has 0 saturated carbocycles. The van der Waals surface area contributed by atoms with Crippen LogP contribution in [-0.4, -0.2) is 23.8 Å². The van der Waals surface area contributed by atoms with Gasteiger partial charge in [-0.25, -0.2) is 0 Å². The Morgan fingerprint density at radius 3 is 2.50 bits per heavy atom. The van der Waals surface area contributed by atoms with E-state index in [0.29, 0.717) is 0 Å². The molecule has 7 heteroatoms. The van der Waals surface area contributed by atoms with Crippen molar-refractivity contribution in [1.29, 1.82) is 0 Å². The van der Waals surface area contributed by atoms with Crippen LogP contribution in [0.2, 0.25) is 0 Å². The highest BCUT2D eigenvalue weighted by Crippen LogP contribution is 2.01. The quantitative estimate of drug-likeness (QED) is 0.577. The summed E-state index contributed by atoms with van der Waals surface area (Å²) in [6.45, 7) is 0. The highest BCUT2D eigenvalue weighted by Gasteiger charge is 2.21. The van der Waals surface area contributed by atoms with Crippen LogP contribution < -0.4 is 16.8 Å². The van der Waals surface area contributed by atoms with Gasteiger partial charge >= 0.3 is 0 Å². The molecular formula is C9H11N3O4. The van der Waals surface area contributed by atoms with Gasteiger partial charge in [0.2, 0.25) is 11.8 Å². The molecule has 1 heterocycles. The first kappa shape index (κ1) is 11.8. The van der Waals surface area contributed by atoms with Gasteiger partial charge in [0, 0.05) is 0 Å². The fraction of sp³-hybridized carbons (Fsp3) is 0.222. The second kappa shape index (κ2) is 4.96. The maximum atomic E-state index is 11.4. The third-order valence-corrected chi connectivity index (χ3v) is 1.80. The van der Waals surface area contributed by atoms with E-state index in [-0.39, 0.29) is 12.2 Å². The lowest BCUT2D eigenvalue weighted by molar-refractivity contribution is -0.124. The smallest absolute Gasteiger partial charge is 0.287 e. The highest BCUT2D eigenvalue weighted by molar-refractivity contribution is 5.96. The molecule has 1 aromatic heterocycles. The largest absolute Gasteiger partial charge is 0.459 e. The average molecular weight is 225 g/mol. The number of amides is 3. The Hall–Kier alpha value is -2.31. The number of furan rings is 1. The van der Waals surface area contributed by atoms with Crippen molar-refractivity contribution in [2.24, 2.45) is 11.5 Å². The van der Waals surface area contributed by atoms with E-state index in [2.05, 4.69) is 5.32 Å². The topological polar surface area (TPSA) is 128 Å². The lowest BCUT2D eigenvalue weighted by Gasteiger charge is -2.12. The van der Waals surface area contributed by atoms with Crippen molar-refractivity contribution < 1.29 is 18.8 Å². The van der Waals surface area contributed by atoms with Gasteiger partial charge in [-0.1, -0.05) is 0 Å². The van der Waals surface area contributed by atoms with E-state index < -0.39 is 23.8 Å². The molecule has 86 valence electrons. The molecule has 0 aliphatic rings. The fourth-order valence-corrected chi connectivity index (χ4v) is 1.06. The SMILES string of the molecule is NC(=O)C[C@H](NC(=O)c1ccco1)C(N)=O. The molecule has 0 bridgehead atoms. The van der Waals surface area contributed by atoms with Crippen molar-refractivity contribution >= 4 is 17.7 Å². The van der Waals surface area contributed by atoms with Crippen molar-refractivity contribution in [3.63, 3.8) is 0 Å². The molecular weight excluding hydrogens is 214 g/mol. The molecule has 0 unspecified atom stereocenters. The van der Waals surface area contributed by atoms with Crippen molar-refractivity contribution in [3.8, 4) is 0 Å². The second-order valence-electron chi connectivity index (χ2n) is 3.08. The van der Waals surface area contributed by atoms with Crippen LogP contribution in [0.15, 0.2) is 22.8 Å². The predicted octanol–water partition coefficient (Wildman–Crippen LogP) is -1.26. The molecule has 0 aliphatic heterocycles. The Kier molecular flexibility index (Phi) is 3.65. The van der Waals surface area contributed by atoms with Gasteiger partial charge in [-0.2, -0.15) is 0 Å². The summed E-state index contributed by atoms with van der Waals surface area (Å²) in [5.74, 6) is -2.17. The third-order valence-electron chi connectivity index (χ3n) is 1.80. The molecule has 16 heavy (non-hydrogen) atoms. The average Bonchev–Trinajstić information content (AvgIpc) is 2.68. The van der Waals surface area contributed by atoms with Crippen LogP contribution in [0.4, 0.5) is 0 Å². The Morgan fingerprint density at radius 2 is 2.06 bits per heavy atom. The van der Waals surface area contributed by atoms with Gasteiger partial charge < -0.3 is 21.2 Å². The molecule has 1 aromatic rings. The minimum Gasteiger partial charge on any atom is -0.459 e. The summed E-state index contributed by atoms with van der Waals surface area (Å²) >= 11 is 0. The number of carbonyl (C=O) groups excluding carboxylic acids is 3. The monoisotopic (exact) mass is 225 g/mol. The van der Waals surface area contributed by atoms with Crippen LogP contribution in [0.5, 0.6) is 0 Å². The zero-order chi connectivity index (χ0) is 12.1. The van der Waals surface area contributed by atoms with Crippen molar-refractivity contribution in [1.82, 2.24) is 5.32 Å². The number of hydrogen-bond acceptors (Lipinski definition) is 4. The summed E-state index contributed by atoms with van der Waals surface area (Å²) in [7, 11) is 0. The van der Waals surface area contributed by atoms with Crippen LogP contribution >= 0.6 is 0 Å². The standard InChI is InChI=1S/C9H11N3O4/c10-7(13)4-5(8(11)14)12-9(15)6-2-1-3-16-6/h1-3,5H,4H2,(H2,10,13)(H2,11,14)(H,12,15)/t5-/m0/s1. The molecule has 0 aliphatic carbocycles. The Labute approximate surface area is 90.8 Å². The summed E-state index contributed by atoms with van der Waals surface area (Å²) in [6.07, 6.45) is 0.962. The lowest BCUT2D eigenvalue weighted by atomic mass is 10.2. The number of carbonyl (C=O) groups is 3. The van der Waals surface area contributed by atoms with Gasteiger partial charge in [-0.05, 0) is 12.1 Å². The van der Waals surface area contributed by atoms with Crippen LogP contribution in [0, 0.1) is 0 Å². The second-order valence-corrected chi connectivity index (χ2v) is 3.08. The number of nitrogens with two attached hydrogens (primary N) is 2. The maximum Gasteiger partial charge on any atom is 0.287 e. The molecule has 3 amide bonds. The van der Waals surface area contributed by atoms with E-state index in [1.54, 1.807) is 0 Å². The molecule has 5 N–H and O–H groups in total. The van der Waals surface area contributed by atoms with E-state index in [1.807, 2.05) is 0 Å². The summed E-state index contributed by atoms with van der Waals surface area (Å²) in [5, 5.41) is 2.24. The first-order chi connectivity index (χ1) is 7.50. The van der Waals surface area contributed by atoms with Gasteiger partial charge in [0.05, 0.1) is 12.7 Å². The Balaban J connectivity index is 2.65. The molecule has 0 radical (unpaired) electrons. The van der Waals surface area contributed by atoms with Crippen LogP contribution in [0.25, 0.3) is 0 Å². The number of hydrogen-bond donors (Lipinski definition) is 3. The van der Waals surface area contributed by atoms with Gasteiger partial charge in [-0.3, -0.25) is 14.4 Å². The normalized spacial score (nSPS) is 11.8. The van der Waals surface area contributed by atoms with Crippen molar-refractivity contribution in [3.05, 3.63) is 24.2 Å². The van der Waals surface area contributed by atoms with E-state index in [0.717, 1.165) is 0 Å². The van der Waals surface area contributed by atoms with Crippen molar-refractivity contribution in [2.75, 3.05) is 0 Å². The van der Waals surface area contributed by atoms with E-state index in [4.69, 9.17) is 15.9 Å². The van der Waals surface area contributed by atoms with Crippen LogP contribution in [-0.2, 0) is 9.59 Å². The summed E-state index contributed by atoms with van der Waals surface area (Å²) in [5.41, 5.74) is 9.90. The van der Waals surface area contributed by atoms with E-state index >= 15 is 0 Å². The fourth-order valence-electron chi connectivity index (χ4n) is 1.06. The number of primary amides is 2. The molecule has 1 atom stereocenters. The lowest BCUT2D eigenvalue weighted by Crippen LogP contribution is -2.46. The molecule has 0 spiro atoms. The zero-order valence-corrected chi connectivity index (χ0v) is 8.30. The zero-order valence-electron chi connectivity index (χ0n) is 8.30. The predicted molar refractivity (Wildman–Crippen MR) is 53.0 cm³/mol. The molecule has 1 rings (SSSR count). The van der Waals surface area contributed by atoms with Crippen molar-refractivity contribution in [2.45, 2.75) is 12.5 Å². The molecule has 7 nitrogen and oxygen atoms in total. The van der Waals surface area contributed by atoms with Gasteiger partial charge in [0.15, 0.2) is 5.76 Å². The first-order valence-electron chi connectivity index (χ1n) is 4.42. The summed E-state index contributed by atoms with van der Waals surface area (Å²) in [6, 6.07) is 1.80. The van der Waals surface area contributed by atoms with E-state index in [1.165, 1.54) is 18.4 Å². The summed E-state index contributed by atoms with van der Waals surface area (Å²) in [4.78, 5) is 33.0. The number of nitrogens with one attached hydrogen (secondary N) is 1. The van der Waals surface area contributed by atoms with Crippen LogP contribution in [0.3, 0.4) is 0 Å². The molecule has 0 saturated heterocycles.